The van der Waals surface area contributed by atoms with Crippen molar-refractivity contribution in [3.63, 3.8) is 0 Å². The summed E-state index contributed by atoms with van der Waals surface area (Å²) in [7, 11) is 1.71. The Labute approximate surface area is 162 Å². The number of rotatable bonds is 4. The van der Waals surface area contributed by atoms with Gasteiger partial charge in [-0.2, -0.15) is 0 Å². The number of aromatic nitrogens is 1. The number of para-hydroxylation sites is 2. The van der Waals surface area contributed by atoms with Crippen molar-refractivity contribution in [2.24, 2.45) is 0 Å². The van der Waals surface area contributed by atoms with Crippen molar-refractivity contribution < 1.29 is 14.5 Å². The van der Waals surface area contributed by atoms with Crippen molar-refractivity contribution in [1.82, 2.24) is 4.98 Å². The van der Waals surface area contributed by atoms with Gasteiger partial charge >= 0.3 is 0 Å². The summed E-state index contributed by atoms with van der Waals surface area (Å²) in [6.45, 7) is 3.55. The lowest BCUT2D eigenvalue weighted by molar-refractivity contribution is -0.385. The quantitative estimate of drug-likeness (QED) is 0.642. The summed E-state index contributed by atoms with van der Waals surface area (Å²) >= 11 is 0. The zero-order valence-electron chi connectivity index (χ0n) is 15.9. The van der Waals surface area contributed by atoms with Crippen molar-refractivity contribution >= 4 is 34.7 Å². The average molecular weight is 383 g/mol. The minimum Gasteiger partial charge on any atom is -0.350 e. The number of likely N-dealkylation sites (N-methyl/N-ethyl adjacent to an activating group) is 1. The number of aryl methyl sites for hydroxylation is 1. The third kappa shape index (κ3) is 3.78. The minimum absolute atomic E-state index is 0.0124. The molecule has 146 valence electrons. The lowest BCUT2D eigenvalue weighted by Gasteiger charge is -2.30. The molecule has 0 saturated heterocycles. The molecular formula is C19H21N5O4. The molecule has 0 bridgehead atoms. The number of nitrogens with zero attached hydrogens (tertiary/aromatic N) is 4. The normalized spacial score (nSPS) is 16.0. The first kappa shape index (κ1) is 19.3. The highest BCUT2D eigenvalue weighted by atomic mass is 16.6. The van der Waals surface area contributed by atoms with Gasteiger partial charge in [-0.1, -0.05) is 12.1 Å². The summed E-state index contributed by atoms with van der Waals surface area (Å²) < 4.78 is 0. The van der Waals surface area contributed by atoms with E-state index in [1.807, 2.05) is 13.0 Å². The maximum Gasteiger partial charge on any atom is 0.287 e. The highest BCUT2D eigenvalue weighted by Gasteiger charge is 2.30. The zero-order valence-corrected chi connectivity index (χ0v) is 15.9. The molecule has 0 spiro atoms. The van der Waals surface area contributed by atoms with Crippen molar-refractivity contribution in [2.75, 3.05) is 28.7 Å². The van der Waals surface area contributed by atoms with E-state index in [2.05, 4.69) is 10.3 Å². The molecule has 0 fully saturated rings. The van der Waals surface area contributed by atoms with Gasteiger partial charge in [0, 0.05) is 25.6 Å². The van der Waals surface area contributed by atoms with Crippen LogP contribution < -0.4 is 15.1 Å². The van der Waals surface area contributed by atoms with Crippen LogP contribution in [0.3, 0.4) is 0 Å². The molecule has 3 rings (SSSR count). The minimum atomic E-state index is -0.505. The van der Waals surface area contributed by atoms with Gasteiger partial charge in [0.1, 0.15) is 12.0 Å². The van der Waals surface area contributed by atoms with E-state index in [-0.39, 0.29) is 36.5 Å². The first-order valence-electron chi connectivity index (χ1n) is 8.81. The highest BCUT2D eigenvalue weighted by Crippen LogP contribution is 2.31. The first-order valence-corrected chi connectivity index (χ1v) is 8.81. The molecule has 1 N–H and O–H groups in total. The van der Waals surface area contributed by atoms with Crippen LogP contribution in [0.4, 0.5) is 22.9 Å². The highest BCUT2D eigenvalue weighted by molar-refractivity contribution is 6.05. The standard InChI is InChI=1S/C19H21N5O4/c1-12-8-14(24(27)28)10-20-19(12)22(3)11-18(26)23-13(2)9-17(25)21-15-6-4-5-7-16(15)23/h4-8,10,13H,9,11H2,1-3H3,(H,21,25). The Morgan fingerprint density at radius 2 is 2.14 bits per heavy atom. The fraction of sp³-hybridized carbons (Fsp3) is 0.316. The van der Waals surface area contributed by atoms with Crippen molar-refractivity contribution in [3.05, 3.63) is 52.2 Å². The Kier molecular flexibility index (Phi) is 5.25. The number of amides is 2. The van der Waals surface area contributed by atoms with Gasteiger partial charge in [0.25, 0.3) is 5.69 Å². The van der Waals surface area contributed by atoms with Crippen LogP contribution in [0, 0.1) is 17.0 Å². The fourth-order valence-corrected chi connectivity index (χ4v) is 3.37. The molecule has 2 aromatic rings. The maximum absolute atomic E-state index is 13.1. The van der Waals surface area contributed by atoms with Crippen molar-refractivity contribution in [1.29, 1.82) is 0 Å². The molecule has 1 aromatic carbocycles. The number of benzene rings is 1. The summed E-state index contributed by atoms with van der Waals surface area (Å²) in [4.78, 5) is 43.0. The second-order valence-electron chi connectivity index (χ2n) is 6.83. The zero-order chi connectivity index (χ0) is 20.4. The molecule has 2 heterocycles. The third-order valence-corrected chi connectivity index (χ3v) is 4.61. The van der Waals surface area contributed by atoms with Crippen LogP contribution in [0.5, 0.6) is 0 Å². The van der Waals surface area contributed by atoms with Crippen LogP contribution in [-0.4, -0.2) is 41.4 Å². The largest absolute Gasteiger partial charge is 0.350 e. The fourth-order valence-electron chi connectivity index (χ4n) is 3.37. The van der Waals surface area contributed by atoms with Gasteiger partial charge in [0.05, 0.1) is 22.8 Å². The lowest BCUT2D eigenvalue weighted by atomic mass is 10.1. The maximum atomic E-state index is 13.1. The van der Waals surface area contributed by atoms with E-state index in [4.69, 9.17) is 0 Å². The van der Waals surface area contributed by atoms with E-state index in [9.17, 15) is 19.7 Å². The van der Waals surface area contributed by atoms with E-state index in [1.165, 1.54) is 12.3 Å². The molecule has 1 unspecified atom stereocenters. The molecule has 1 aliphatic rings. The molecule has 1 aliphatic heterocycles. The SMILES string of the molecule is Cc1cc([N+](=O)[O-])cnc1N(C)CC(=O)N1c2ccccc2NC(=O)CC1C. The van der Waals surface area contributed by atoms with Crippen LogP contribution in [-0.2, 0) is 9.59 Å². The Morgan fingerprint density at radius 1 is 1.43 bits per heavy atom. The van der Waals surface area contributed by atoms with Crippen LogP contribution >= 0.6 is 0 Å². The lowest BCUT2D eigenvalue weighted by Crippen LogP contribution is -2.44. The third-order valence-electron chi connectivity index (χ3n) is 4.61. The summed E-state index contributed by atoms with van der Waals surface area (Å²) in [6, 6.07) is 8.29. The molecule has 2 amide bonds. The summed E-state index contributed by atoms with van der Waals surface area (Å²) in [5.74, 6) is 0.152. The molecule has 1 aromatic heterocycles. The van der Waals surface area contributed by atoms with Gasteiger partial charge in [-0.15, -0.1) is 0 Å². The van der Waals surface area contributed by atoms with E-state index in [1.54, 1.807) is 42.0 Å². The molecule has 1 atom stereocenters. The first-order chi connectivity index (χ1) is 13.3. The molecule has 0 aliphatic carbocycles. The Morgan fingerprint density at radius 3 is 2.82 bits per heavy atom. The molecule has 9 nitrogen and oxygen atoms in total. The van der Waals surface area contributed by atoms with Gasteiger partial charge in [-0.25, -0.2) is 4.98 Å². The molecule has 28 heavy (non-hydrogen) atoms. The second-order valence-corrected chi connectivity index (χ2v) is 6.83. The number of carbonyl (C=O) groups excluding carboxylic acids is 2. The summed E-state index contributed by atoms with van der Waals surface area (Å²) in [5, 5.41) is 13.7. The van der Waals surface area contributed by atoms with E-state index >= 15 is 0 Å². The van der Waals surface area contributed by atoms with Crippen LogP contribution in [0.15, 0.2) is 36.5 Å². The van der Waals surface area contributed by atoms with Gasteiger partial charge in [0.2, 0.25) is 11.8 Å². The topological polar surface area (TPSA) is 109 Å². The number of nitrogens with one attached hydrogen (secondary N) is 1. The second kappa shape index (κ2) is 7.63. The Hall–Kier alpha value is -3.49. The molecule has 9 heteroatoms. The monoisotopic (exact) mass is 383 g/mol. The number of pyridine rings is 1. The molecule has 0 saturated carbocycles. The number of hydrogen-bond acceptors (Lipinski definition) is 6. The van der Waals surface area contributed by atoms with Crippen LogP contribution in [0.2, 0.25) is 0 Å². The van der Waals surface area contributed by atoms with E-state index in [0.717, 1.165) is 0 Å². The van der Waals surface area contributed by atoms with Crippen LogP contribution in [0.25, 0.3) is 0 Å². The van der Waals surface area contributed by atoms with Gasteiger partial charge < -0.3 is 15.1 Å². The number of fused-ring (bicyclic) bond motifs is 1. The number of anilines is 3. The van der Waals surface area contributed by atoms with Gasteiger partial charge in [-0.05, 0) is 31.5 Å². The number of carbonyl (C=O) groups is 2. The smallest absolute Gasteiger partial charge is 0.287 e. The average Bonchev–Trinajstić information content (AvgIpc) is 2.75. The van der Waals surface area contributed by atoms with Crippen molar-refractivity contribution in [3.8, 4) is 0 Å². The van der Waals surface area contributed by atoms with Crippen molar-refractivity contribution in [2.45, 2.75) is 26.3 Å². The van der Waals surface area contributed by atoms with E-state index in [0.29, 0.717) is 22.8 Å². The summed E-state index contributed by atoms with van der Waals surface area (Å²) in [6.07, 6.45) is 1.37. The molecule has 0 radical (unpaired) electrons. The number of nitro groups is 1. The predicted octanol–water partition coefficient (Wildman–Crippen LogP) is 2.50. The van der Waals surface area contributed by atoms with Gasteiger partial charge in [-0.3, -0.25) is 19.7 Å². The summed E-state index contributed by atoms with van der Waals surface area (Å²) in [5.41, 5.74) is 1.75. The Balaban J connectivity index is 1.86. The number of hydrogen-bond donors (Lipinski definition) is 1. The predicted molar refractivity (Wildman–Crippen MR) is 106 cm³/mol. The van der Waals surface area contributed by atoms with E-state index < -0.39 is 4.92 Å². The molecular weight excluding hydrogens is 362 g/mol. The van der Waals surface area contributed by atoms with Gasteiger partial charge in [0.15, 0.2) is 0 Å². The Bertz CT molecular complexity index is 946. The van der Waals surface area contributed by atoms with Crippen LogP contribution in [0.1, 0.15) is 18.9 Å².